The predicted molar refractivity (Wildman–Crippen MR) is 96.0 cm³/mol. The van der Waals surface area contributed by atoms with Crippen molar-refractivity contribution >= 4 is 17.2 Å². The molecule has 1 amide bonds. The molecule has 2 aliphatic rings. The van der Waals surface area contributed by atoms with Gasteiger partial charge in [0.2, 0.25) is 5.91 Å². The molecule has 1 aliphatic heterocycles. The molecule has 2 N–H and O–H groups in total. The number of nitrogens with zero attached hydrogens (tertiary/aromatic N) is 2. The summed E-state index contributed by atoms with van der Waals surface area (Å²) in [7, 11) is 0. The first-order chi connectivity index (χ1) is 11.7. The number of carbonyl (C=O) groups excluding carboxylic acids is 1. The van der Waals surface area contributed by atoms with Crippen LogP contribution in [-0.2, 0) is 12.0 Å². The number of thiazole rings is 1. The molecule has 1 saturated heterocycles. The molecule has 2 heterocycles. The summed E-state index contributed by atoms with van der Waals surface area (Å²) in [5.41, 5.74) is 7.64. The van der Waals surface area contributed by atoms with Crippen molar-refractivity contribution in [2.24, 2.45) is 5.73 Å². The molecule has 1 aromatic carbocycles. The largest absolute Gasteiger partial charge is 0.366 e. The zero-order valence-electron chi connectivity index (χ0n) is 13.8. The number of nitrogens with two attached hydrogens (primary N) is 1. The van der Waals surface area contributed by atoms with E-state index in [1.165, 1.54) is 36.3 Å². The summed E-state index contributed by atoms with van der Waals surface area (Å²) in [6.45, 7) is 2.07. The fraction of sp³-hybridized carbons (Fsp3) is 0.474. The van der Waals surface area contributed by atoms with E-state index < -0.39 is 0 Å². The summed E-state index contributed by atoms with van der Waals surface area (Å²) in [5, 5.41) is 3.27. The Morgan fingerprint density at radius 3 is 3.12 bits per heavy atom. The third-order valence-electron chi connectivity index (χ3n) is 5.79. The molecule has 1 saturated carbocycles. The lowest BCUT2D eigenvalue weighted by atomic mass is 9.63. The van der Waals surface area contributed by atoms with Gasteiger partial charge < -0.3 is 5.73 Å². The molecule has 126 valence electrons. The molecular weight excluding hydrogens is 318 g/mol. The summed E-state index contributed by atoms with van der Waals surface area (Å²) >= 11 is 1.74. The van der Waals surface area contributed by atoms with Gasteiger partial charge in [-0.05, 0) is 55.3 Å². The third-order valence-corrected chi connectivity index (χ3v) is 6.56. The van der Waals surface area contributed by atoms with Gasteiger partial charge in [-0.2, -0.15) is 0 Å². The van der Waals surface area contributed by atoms with Gasteiger partial charge in [0.05, 0.1) is 6.54 Å². The van der Waals surface area contributed by atoms with Crippen LogP contribution in [-0.4, -0.2) is 28.4 Å². The van der Waals surface area contributed by atoms with Crippen molar-refractivity contribution in [1.29, 1.82) is 0 Å². The molecule has 1 aliphatic carbocycles. The van der Waals surface area contributed by atoms with E-state index in [-0.39, 0.29) is 11.3 Å². The highest BCUT2D eigenvalue weighted by molar-refractivity contribution is 7.09. The van der Waals surface area contributed by atoms with Crippen LogP contribution in [0.1, 0.15) is 53.0 Å². The van der Waals surface area contributed by atoms with E-state index in [1.54, 1.807) is 11.3 Å². The molecule has 4 nitrogen and oxygen atoms in total. The van der Waals surface area contributed by atoms with E-state index in [1.807, 2.05) is 24.4 Å². The average Bonchev–Trinajstić information content (AvgIpc) is 3.11. The second-order valence-corrected chi connectivity index (χ2v) is 8.10. The number of amides is 1. The number of primary amides is 1. The molecule has 0 radical (unpaired) electrons. The van der Waals surface area contributed by atoms with Crippen LogP contribution in [0.25, 0.3) is 0 Å². The lowest BCUT2D eigenvalue weighted by molar-refractivity contribution is 0.0458. The summed E-state index contributed by atoms with van der Waals surface area (Å²) in [6, 6.07) is 8.64. The number of carbonyl (C=O) groups is 1. The fourth-order valence-corrected chi connectivity index (χ4v) is 5.17. The molecule has 24 heavy (non-hydrogen) atoms. The van der Waals surface area contributed by atoms with E-state index in [2.05, 4.69) is 21.3 Å². The van der Waals surface area contributed by atoms with Gasteiger partial charge in [0, 0.05) is 23.2 Å². The molecule has 2 bridgehead atoms. The summed E-state index contributed by atoms with van der Waals surface area (Å²) in [5.74, 6) is -0.332. The smallest absolute Gasteiger partial charge is 0.248 e. The minimum atomic E-state index is -0.332. The van der Waals surface area contributed by atoms with Gasteiger partial charge in [-0.1, -0.05) is 18.6 Å². The minimum absolute atomic E-state index is 0.216. The standard InChI is InChI=1S/C19H23N3OS/c20-18(23)14-3-1-4-15(11-14)19-6-2-5-16(12-19)22(9-7-19)13-17-21-8-10-24-17/h1,3-4,8,10-11,16H,2,5-7,9,12-13H2,(H2,20,23). The maximum Gasteiger partial charge on any atom is 0.248 e. The number of benzene rings is 1. The first kappa shape index (κ1) is 15.8. The summed E-state index contributed by atoms with van der Waals surface area (Å²) in [4.78, 5) is 18.6. The zero-order valence-corrected chi connectivity index (χ0v) is 14.6. The van der Waals surface area contributed by atoms with Gasteiger partial charge in [-0.15, -0.1) is 11.3 Å². The number of likely N-dealkylation sites (tertiary alicyclic amines) is 1. The van der Waals surface area contributed by atoms with E-state index in [9.17, 15) is 4.79 Å². The number of aromatic nitrogens is 1. The van der Waals surface area contributed by atoms with Crippen molar-refractivity contribution in [3.05, 3.63) is 52.0 Å². The van der Waals surface area contributed by atoms with Crippen molar-refractivity contribution in [3.8, 4) is 0 Å². The molecule has 2 atom stereocenters. The van der Waals surface area contributed by atoms with Crippen molar-refractivity contribution in [2.45, 2.75) is 50.1 Å². The number of hydrogen-bond donors (Lipinski definition) is 1. The molecule has 2 aromatic rings. The quantitative estimate of drug-likeness (QED) is 0.928. The second kappa shape index (κ2) is 6.30. The maximum absolute atomic E-state index is 11.5. The van der Waals surface area contributed by atoms with Gasteiger partial charge in [-0.25, -0.2) is 4.98 Å². The number of piperidine rings is 1. The van der Waals surface area contributed by atoms with Gasteiger partial charge in [0.1, 0.15) is 5.01 Å². The minimum Gasteiger partial charge on any atom is -0.366 e. The molecule has 1 aromatic heterocycles. The number of hydrogen-bond acceptors (Lipinski definition) is 4. The van der Waals surface area contributed by atoms with Gasteiger partial charge in [-0.3, -0.25) is 9.69 Å². The molecule has 2 unspecified atom stereocenters. The third kappa shape index (κ3) is 2.87. The van der Waals surface area contributed by atoms with Crippen molar-refractivity contribution in [1.82, 2.24) is 9.88 Å². The van der Waals surface area contributed by atoms with Crippen LogP contribution < -0.4 is 5.73 Å². The predicted octanol–water partition coefficient (Wildman–Crippen LogP) is 3.33. The van der Waals surface area contributed by atoms with Crippen LogP contribution in [0.3, 0.4) is 0 Å². The lowest BCUT2D eigenvalue weighted by Crippen LogP contribution is -2.51. The van der Waals surface area contributed by atoms with Crippen molar-refractivity contribution < 1.29 is 4.79 Å². The lowest BCUT2D eigenvalue weighted by Gasteiger charge is -2.50. The average molecular weight is 341 g/mol. The van der Waals surface area contributed by atoms with Gasteiger partial charge in [0.15, 0.2) is 0 Å². The Kier molecular flexibility index (Phi) is 4.14. The Labute approximate surface area is 146 Å². The van der Waals surface area contributed by atoms with Crippen LogP contribution >= 0.6 is 11.3 Å². The highest BCUT2D eigenvalue weighted by atomic mass is 32.1. The van der Waals surface area contributed by atoms with Gasteiger partial charge in [0.25, 0.3) is 0 Å². The monoisotopic (exact) mass is 341 g/mol. The first-order valence-electron chi connectivity index (χ1n) is 8.69. The second-order valence-electron chi connectivity index (χ2n) is 7.12. The Morgan fingerprint density at radius 2 is 2.33 bits per heavy atom. The van der Waals surface area contributed by atoms with Crippen LogP contribution in [0.4, 0.5) is 0 Å². The molecular formula is C19H23N3OS. The molecule has 2 fully saturated rings. The maximum atomic E-state index is 11.5. The van der Waals surface area contributed by atoms with Gasteiger partial charge >= 0.3 is 0 Å². The van der Waals surface area contributed by atoms with Crippen molar-refractivity contribution in [3.63, 3.8) is 0 Å². The summed E-state index contributed by atoms with van der Waals surface area (Å²) < 4.78 is 0. The SMILES string of the molecule is NC(=O)c1cccc(C23CCCC(C2)N(Cc2nccs2)CC3)c1. The highest BCUT2D eigenvalue weighted by Gasteiger charge is 2.43. The Hall–Kier alpha value is -1.72. The molecule has 0 spiro atoms. The Balaban J connectivity index is 1.57. The topological polar surface area (TPSA) is 59.2 Å². The first-order valence-corrected chi connectivity index (χ1v) is 9.57. The van der Waals surface area contributed by atoms with Crippen molar-refractivity contribution in [2.75, 3.05) is 6.54 Å². The fourth-order valence-electron chi connectivity index (χ4n) is 4.53. The van der Waals surface area contributed by atoms with Crippen LogP contribution in [0, 0.1) is 0 Å². The zero-order chi connectivity index (χ0) is 16.6. The summed E-state index contributed by atoms with van der Waals surface area (Å²) in [6.07, 6.45) is 7.96. The Morgan fingerprint density at radius 1 is 1.42 bits per heavy atom. The molecule has 5 heteroatoms. The van der Waals surface area contributed by atoms with E-state index in [0.29, 0.717) is 11.6 Å². The number of rotatable bonds is 4. The van der Waals surface area contributed by atoms with Crippen LogP contribution in [0.2, 0.25) is 0 Å². The van der Waals surface area contributed by atoms with Crippen LogP contribution in [0.15, 0.2) is 35.8 Å². The van der Waals surface area contributed by atoms with E-state index in [4.69, 9.17) is 5.73 Å². The highest BCUT2D eigenvalue weighted by Crippen LogP contribution is 2.47. The normalized spacial score (nSPS) is 27.1. The Bertz CT molecular complexity index is 730. The van der Waals surface area contributed by atoms with E-state index in [0.717, 1.165) is 19.5 Å². The molecule has 4 rings (SSSR count). The van der Waals surface area contributed by atoms with E-state index >= 15 is 0 Å². The van der Waals surface area contributed by atoms with Crippen LogP contribution in [0.5, 0.6) is 0 Å². The number of fused-ring (bicyclic) bond motifs is 2.